The van der Waals surface area contributed by atoms with Gasteiger partial charge in [0.2, 0.25) is 5.79 Å². The van der Waals surface area contributed by atoms with Gasteiger partial charge in [0.1, 0.15) is 23.0 Å². The summed E-state index contributed by atoms with van der Waals surface area (Å²) in [5.41, 5.74) is -9.68. The van der Waals surface area contributed by atoms with Crippen molar-refractivity contribution >= 4 is 17.5 Å². The second kappa shape index (κ2) is 9.20. The number of rotatable bonds is 0. The van der Waals surface area contributed by atoms with E-state index in [-0.39, 0.29) is 38.9 Å². The number of carbonyl (C=O) groups is 3. The molecule has 12 aliphatic rings. The van der Waals surface area contributed by atoms with Crippen LogP contribution in [0, 0.1) is 78.8 Å². The lowest BCUT2D eigenvalue weighted by Crippen LogP contribution is -2.85. The Kier molecular flexibility index (Phi) is 5.98. The molecular formula is C40H54O12. The number of esters is 1. The van der Waals surface area contributed by atoms with Crippen molar-refractivity contribution in [2.45, 2.75) is 135 Å². The highest BCUT2D eigenvalue weighted by molar-refractivity contribution is 6.14. The van der Waals surface area contributed by atoms with Gasteiger partial charge in [0.15, 0.2) is 17.9 Å². The lowest BCUT2D eigenvalue weighted by molar-refractivity contribution is -0.458. The van der Waals surface area contributed by atoms with Gasteiger partial charge in [-0.05, 0) is 92.8 Å². The molecule has 8 saturated carbocycles. The molecule has 286 valence electrons. The zero-order chi connectivity index (χ0) is 36.8. The number of Topliss-reactive ketones (excluding diaryl/α,β-unsaturated/α-hetero) is 2. The fraction of sp³-hybridized carbons (Fsp3) is 0.925. The quantitative estimate of drug-likeness (QED) is 0.154. The first-order valence-electron chi connectivity index (χ1n) is 20.0. The van der Waals surface area contributed by atoms with E-state index in [0.29, 0.717) is 38.5 Å². The zero-order valence-corrected chi connectivity index (χ0v) is 30.5. The minimum atomic E-state index is -2.45. The van der Waals surface area contributed by atoms with Crippen LogP contribution in [-0.4, -0.2) is 104 Å². The van der Waals surface area contributed by atoms with Gasteiger partial charge in [0, 0.05) is 39.4 Å². The first kappa shape index (κ1) is 33.8. The molecule has 12 heteroatoms. The number of ether oxygens (including phenoxy) is 3. The minimum Gasteiger partial charge on any atom is -0.461 e. The monoisotopic (exact) mass is 726 g/mol. The van der Waals surface area contributed by atoms with E-state index in [2.05, 4.69) is 13.8 Å². The Morgan fingerprint density at radius 2 is 1.40 bits per heavy atom. The normalized spacial score (nSPS) is 64.0. The fourth-order valence-electron chi connectivity index (χ4n) is 18.1. The van der Waals surface area contributed by atoms with E-state index in [9.17, 15) is 35.4 Å². The highest BCUT2D eigenvalue weighted by Gasteiger charge is 2.95. The summed E-state index contributed by atoms with van der Waals surface area (Å²) in [7, 11) is 0. The third-order valence-corrected chi connectivity index (χ3v) is 19.5. The number of hydrogen-bond donors (Lipinski definition) is 6. The lowest BCUT2D eigenvalue weighted by Gasteiger charge is -2.74. The van der Waals surface area contributed by atoms with E-state index in [1.807, 2.05) is 13.8 Å². The van der Waals surface area contributed by atoms with Gasteiger partial charge in [-0.15, -0.1) is 0 Å². The molecule has 6 N–H and O–H groups in total. The summed E-state index contributed by atoms with van der Waals surface area (Å²) in [6.07, 6.45) is -3.05. The van der Waals surface area contributed by atoms with Gasteiger partial charge in [-0.1, -0.05) is 27.7 Å². The Morgan fingerprint density at radius 3 is 2.12 bits per heavy atom. The molecule has 12 nitrogen and oxygen atoms in total. The summed E-state index contributed by atoms with van der Waals surface area (Å²) in [6.45, 7) is 8.12. The van der Waals surface area contributed by atoms with Crippen molar-refractivity contribution in [3.8, 4) is 0 Å². The average Bonchev–Trinajstić information content (AvgIpc) is 3.56. The first-order chi connectivity index (χ1) is 24.3. The van der Waals surface area contributed by atoms with Crippen LogP contribution in [0.5, 0.6) is 0 Å². The molecule has 0 aromatic heterocycles. The van der Waals surface area contributed by atoms with Crippen LogP contribution in [0.2, 0.25) is 0 Å². The topological polar surface area (TPSA) is 200 Å². The highest BCUT2D eigenvalue weighted by atomic mass is 16.6. The molecule has 4 saturated heterocycles. The molecule has 2 unspecified atom stereocenters. The molecule has 8 aliphatic carbocycles. The Bertz CT molecular complexity index is 1730. The number of carbonyl (C=O) groups excluding carboxylic acids is 3. The second-order valence-corrected chi connectivity index (χ2v) is 21.1. The van der Waals surface area contributed by atoms with Crippen molar-refractivity contribution in [1.29, 1.82) is 0 Å². The maximum absolute atomic E-state index is 16.0. The average molecular weight is 727 g/mol. The molecule has 0 amide bonds. The maximum Gasteiger partial charge on any atom is 0.320 e. The summed E-state index contributed by atoms with van der Waals surface area (Å²) in [5, 5.41) is 73.3. The fourth-order valence-corrected chi connectivity index (χ4v) is 18.1. The van der Waals surface area contributed by atoms with Crippen molar-refractivity contribution in [1.82, 2.24) is 0 Å². The Hall–Kier alpha value is -1.51. The van der Waals surface area contributed by atoms with Crippen LogP contribution < -0.4 is 0 Å². The van der Waals surface area contributed by atoms with Gasteiger partial charge in [0.05, 0.1) is 31.5 Å². The van der Waals surface area contributed by atoms with Crippen LogP contribution in [-0.2, 0) is 28.6 Å². The van der Waals surface area contributed by atoms with Crippen molar-refractivity contribution < 1.29 is 59.2 Å². The van der Waals surface area contributed by atoms with Gasteiger partial charge < -0.3 is 44.8 Å². The van der Waals surface area contributed by atoms with Gasteiger partial charge in [-0.3, -0.25) is 14.4 Å². The molecule has 4 aliphatic heterocycles. The van der Waals surface area contributed by atoms with Crippen LogP contribution in [0.4, 0.5) is 0 Å². The number of aliphatic hydroxyl groups excluding tert-OH is 5. The van der Waals surface area contributed by atoms with Crippen molar-refractivity contribution in [3.63, 3.8) is 0 Å². The van der Waals surface area contributed by atoms with E-state index in [1.165, 1.54) is 0 Å². The molecule has 52 heavy (non-hydrogen) atoms. The molecule has 0 aromatic carbocycles. The molecule has 12 rings (SSSR count). The van der Waals surface area contributed by atoms with Crippen LogP contribution in [0.1, 0.15) is 91.9 Å². The zero-order valence-electron chi connectivity index (χ0n) is 30.5. The summed E-state index contributed by atoms with van der Waals surface area (Å²) in [6, 6.07) is 0. The molecule has 0 radical (unpaired) electrons. The predicted octanol–water partition coefficient (Wildman–Crippen LogP) is 1.24. The smallest absolute Gasteiger partial charge is 0.320 e. The van der Waals surface area contributed by atoms with Crippen LogP contribution in [0.3, 0.4) is 0 Å². The van der Waals surface area contributed by atoms with Gasteiger partial charge in [-0.2, -0.15) is 0 Å². The number of fused-ring (bicyclic) bond motifs is 6. The summed E-state index contributed by atoms with van der Waals surface area (Å²) >= 11 is 0. The predicted molar refractivity (Wildman–Crippen MR) is 176 cm³/mol. The molecule has 19 atom stereocenters. The Morgan fingerprint density at radius 1 is 0.712 bits per heavy atom. The molecule has 6 spiro atoms. The molecule has 4 heterocycles. The second-order valence-electron chi connectivity index (χ2n) is 21.1. The van der Waals surface area contributed by atoms with Crippen molar-refractivity contribution in [3.05, 3.63) is 0 Å². The van der Waals surface area contributed by atoms with E-state index in [0.717, 1.165) is 0 Å². The van der Waals surface area contributed by atoms with Crippen LogP contribution in [0.15, 0.2) is 0 Å². The molecule has 12 fully saturated rings. The molecular weight excluding hydrogens is 672 g/mol. The van der Waals surface area contributed by atoms with Gasteiger partial charge in [-0.25, -0.2) is 0 Å². The SMILES string of the molecule is CC1(C)CC[C@H](O)[C@]23CO[C@@](O)([C@@H](O)[C@H]12)[C@]12C(=O)C4(CCC45C(=O)[C@]46C[C@H]5C[C@H](O)[C@H]4[C@@]45CO[C@@H](O)[C@@H]4C(C)(C)CC[C@@H]5OC6=O)[C@H](CC[C@@H]31)[C@H]2O. The number of hydrogen-bond acceptors (Lipinski definition) is 12. The van der Waals surface area contributed by atoms with Crippen molar-refractivity contribution in [2.75, 3.05) is 13.2 Å². The Labute approximate surface area is 302 Å². The molecule has 6 bridgehead atoms. The number of aliphatic hydroxyl groups is 6. The van der Waals surface area contributed by atoms with E-state index < -0.39 is 139 Å². The van der Waals surface area contributed by atoms with Gasteiger partial charge in [0.25, 0.3) is 0 Å². The minimum absolute atomic E-state index is 0.0367. The standard InChI is InChI=1S/C40H54O12/c1-32(2)9-7-21(42)35-16-51-40(49,27(44)24(32)35)39-20(35)6-5-18(26(39)43)38(30(39)47)12-11-37(38)17-13-19(41)23-34(14-17,29(37)46)31(48)52-22-8-10-33(3,4)25-28(45)50-15-36(22,23)25/h17-28,41-45,49H,5-16H2,1-4H3/t17-,18-,19+,20+,21+,22+,23-,24-,25-,26-,27+,28-,34+,35-,36+,37?,38?,39-,40+/m1/s1. The van der Waals surface area contributed by atoms with Gasteiger partial charge >= 0.3 is 5.97 Å². The summed E-state index contributed by atoms with van der Waals surface area (Å²) in [4.78, 5) is 46.5. The van der Waals surface area contributed by atoms with E-state index in [4.69, 9.17) is 14.2 Å². The van der Waals surface area contributed by atoms with Crippen LogP contribution in [0.25, 0.3) is 0 Å². The van der Waals surface area contributed by atoms with Crippen molar-refractivity contribution in [2.24, 2.45) is 78.8 Å². The lowest BCUT2D eigenvalue weighted by atomic mass is 9.35. The van der Waals surface area contributed by atoms with E-state index >= 15 is 9.59 Å². The Balaban J connectivity index is 1.08. The summed E-state index contributed by atoms with van der Waals surface area (Å²) < 4.78 is 18.5. The third-order valence-electron chi connectivity index (χ3n) is 19.5. The largest absolute Gasteiger partial charge is 0.461 e. The first-order valence-corrected chi connectivity index (χ1v) is 20.0. The molecule has 0 aromatic rings. The van der Waals surface area contributed by atoms with E-state index in [1.54, 1.807) is 0 Å². The third kappa shape index (κ3) is 2.83. The maximum atomic E-state index is 16.0. The number of ketones is 2. The van der Waals surface area contributed by atoms with Crippen LogP contribution >= 0.6 is 0 Å². The highest BCUT2D eigenvalue weighted by Crippen LogP contribution is 2.87. The summed E-state index contributed by atoms with van der Waals surface area (Å²) in [5.74, 6) is -8.03.